The van der Waals surface area contributed by atoms with Crippen LogP contribution in [0, 0.1) is 0 Å². The van der Waals surface area contributed by atoms with Crippen molar-refractivity contribution in [3.05, 3.63) is 12.4 Å². The van der Waals surface area contributed by atoms with E-state index in [1.807, 2.05) is 0 Å². The Kier molecular flexibility index (Phi) is 6.18. The molecule has 0 aromatic heterocycles. The minimum absolute atomic E-state index is 1.08. The Morgan fingerprint density at radius 3 is 1.54 bits per heavy atom. The highest BCUT2D eigenvalue weighted by Gasteiger charge is 2.06. The van der Waals surface area contributed by atoms with Crippen molar-refractivity contribution in [1.82, 2.24) is 9.80 Å². The van der Waals surface area contributed by atoms with Crippen LogP contribution in [0.5, 0.6) is 0 Å². The Labute approximate surface area is 76.6 Å². The fourth-order valence-corrected chi connectivity index (χ4v) is 0.927. The molecule has 78 valence electrons. The van der Waals surface area contributed by atoms with Crippen molar-refractivity contribution >= 4 is 0 Å². The summed E-state index contributed by atoms with van der Waals surface area (Å²) in [5.41, 5.74) is 0. The zero-order valence-corrected chi connectivity index (χ0v) is 7.88. The van der Waals surface area contributed by atoms with Crippen LogP contribution in [0.4, 0.5) is 13.2 Å². The molecule has 0 amide bonds. The maximum absolute atomic E-state index is 9.67. The van der Waals surface area contributed by atoms with Crippen LogP contribution in [-0.2, 0) is 0 Å². The molecule has 0 saturated carbocycles. The van der Waals surface area contributed by atoms with Gasteiger partial charge in [-0.2, -0.15) is 13.2 Å². The molecule has 1 heterocycles. The Bertz CT molecular complexity index is 136. The molecule has 0 fully saturated rings. The third-order valence-electron chi connectivity index (χ3n) is 1.66. The van der Waals surface area contributed by atoms with Crippen molar-refractivity contribution in [2.45, 2.75) is 20.5 Å². The largest absolute Gasteiger partial charge is 0.379 e. The second kappa shape index (κ2) is 6.62. The molecule has 1 aliphatic heterocycles. The Morgan fingerprint density at radius 1 is 1.08 bits per heavy atom. The number of halogens is 3. The van der Waals surface area contributed by atoms with Crippen molar-refractivity contribution in [1.29, 1.82) is 0 Å². The number of alkyl halides is 3. The molecule has 2 nitrogen and oxygen atoms in total. The lowest BCUT2D eigenvalue weighted by Gasteiger charge is -2.17. The van der Waals surface area contributed by atoms with Crippen LogP contribution >= 0.6 is 0 Å². The van der Waals surface area contributed by atoms with Gasteiger partial charge in [-0.05, 0) is 13.8 Å². The summed E-state index contributed by atoms with van der Waals surface area (Å²) in [4.78, 5) is 4.56. The van der Waals surface area contributed by atoms with Gasteiger partial charge in [-0.15, -0.1) is 0 Å². The highest BCUT2D eigenvalue weighted by molar-refractivity contribution is 4.88. The quantitative estimate of drug-likeness (QED) is 0.668. The number of rotatable bonds is 2. The molecule has 0 atom stereocenters. The van der Waals surface area contributed by atoms with Gasteiger partial charge in [-0.3, -0.25) is 0 Å². The van der Waals surface area contributed by atoms with E-state index in [4.69, 9.17) is 0 Å². The Balaban J connectivity index is 0.000000310. The van der Waals surface area contributed by atoms with E-state index in [0.717, 1.165) is 19.8 Å². The van der Waals surface area contributed by atoms with Crippen LogP contribution in [0.15, 0.2) is 12.4 Å². The molecule has 1 aliphatic rings. The molecule has 0 spiro atoms. The summed E-state index contributed by atoms with van der Waals surface area (Å²) in [6.07, 6.45) is 4.28. The van der Waals surface area contributed by atoms with E-state index in [-0.39, 0.29) is 0 Å². The Hall–Kier alpha value is -0.870. The summed E-state index contributed by atoms with van der Waals surface area (Å²) in [5, 5.41) is 0. The minimum Gasteiger partial charge on any atom is -0.359 e. The van der Waals surface area contributed by atoms with Crippen molar-refractivity contribution in [2.75, 3.05) is 19.8 Å². The lowest BCUT2D eigenvalue weighted by atomic mass is 10.6. The molecule has 0 bridgehead atoms. The zero-order chi connectivity index (χ0) is 10.3. The molecule has 0 radical (unpaired) electrons. The van der Waals surface area contributed by atoms with Crippen LogP contribution in [0.3, 0.4) is 0 Å². The zero-order valence-electron chi connectivity index (χ0n) is 7.88. The third kappa shape index (κ3) is 6.31. The topological polar surface area (TPSA) is 6.48 Å². The lowest BCUT2D eigenvalue weighted by Crippen LogP contribution is -2.24. The fraction of sp³-hybridized carbons (Fsp3) is 0.750. The van der Waals surface area contributed by atoms with Gasteiger partial charge >= 0.3 is 6.68 Å². The van der Waals surface area contributed by atoms with Gasteiger partial charge < -0.3 is 9.80 Å². The maximum Gasteiger partial charge on any atom is 0.379 e. The van der Waals surface area contributed by atoms with Gasteiger partial charge in [-0.1, -0.05) is 0 Å². The standard InChI is InChI=1S/C7H14N2.CHF3/c1-3-8-5-6-9(4-2)7-8;2-1(3)4/h5-6H,3-4,7H2,1-2H3;1H. The molecule has 0 aromatic carbocycles. The molecule has 0 aliphatic carbocycles. The van der Waals surface area contributed by atoms with Gasteiger partial charge in [0.2, 0.25) is 0 Å². The number of hydrogen-bond acceptors (Lipinski definition) is 2. The van der Waals surface area contributed by atoms with Crippen molar-refractivity contribution in [3.8, 4) is 0 Å². The molecular formula is C8H15F3N2. The summed E-state index contributed by atoms with van der Waals surface area (Å²) in [6.45, 7) is 3.99. The predicted molar refractivity (Wildman–Crippen MR) is 45.9 cm³/mol. The van der Waals surface area contributed by atoms with Gasteiger partial charge in [0, 0.05) is 25.5 Å². The smallest absolute Gasteiger partial charge is 0.359 e. The van der Waals surface area contributed by atoms with E-state index in [2.05, 4.69) is 36.0 Å². The first-order valence-electron chi connectivity index (χ1n) is 4.18. The van der Waals surface area contributed by atoms with Crippen LogP contribution in [0.1, 0.15) is 13.8 Å². The third-order valence-corrected chi connectivity index (χ3v) is 1.66. The van der Waals surface area contributed by atoms with Crippen LogP contribution in [0.25, 0.3) is 0 Å². The maximum atomic E-state index is 9.67. The molecule has 13 heavy (non-hydrogen) atoms. The number of nitrogens with zero attached hydrogens (tertiary/aromatic N) is 2. The molecule has 0 saturated heterocycles. The molecular weight excluding hydrogens is 181 g/mol. The van der Waals surface area contributed by atoms with Crippen molar-refractivity contribution < 1.29 is 13.2 Å². The molecule has 0 aromatic rings. The van der Waals surface area contributed by atoms with Crippen molar-refractivity contribution in [2.24, 2.45) is 0 Å². The number of hydrogen-bond donors (Lipinski definition) is 0. The van der Waals surface area contributed by atoms with Gasteiger partial charge in [0.1, 0.15) is 0 Å². The van der Waals surface area contributed by atoms with E-state index < -0.39 is 6.68 Å². The first-order chi connectivity index (χ1) is 6.10. The summed E-state index contributed by atoms with van der Waals surface area (Å²) < 4.78 is 29.0. The molecule has 1 rings (SSSR count). The van der Waals surface area contributed by atoms with Gasteiger partial charge in [0.15, 0.2) is 0 Å². The summed E-state index contributed by atoms with van der Waals surface area (Å²) in [5.74, 6) is 0. The van der Waals surface area contributed by atoms with Gasteiger partial charge in [0.05, 0.1) is 6.67 Å². The first kappa shape index (κ1) is 12.1. The lowest BCUT2D eigenvalue weighted by molar-refractivity contribution is 0.00819. The second-order valence-corrected chi connectivity index (χ2v) is 2.50. The molecule has 0 unspecified atom stereocenters. The van der Waals surface area contributed by atoms with E-state index in [1.54, 1.807) is 0 Å². The van der Waals surface area contributed by atoms with Crippen LogP contribution < -0.4 is 0 Å². The average Bonchev–Trinajstić information content (AvgIpc) is 2.50. The summed E-state index contributed by atoms with van der Waals surface area (Å²) in [6, 6.07) is 0. The monoisotopic (exact) mass is 196 g/mol. The Morgan fingerprint density at radius 2 is 1.38 bits per heavy atom. The highest BCUT2D eigenvalue weighted by Crippen LogP contribution is 2.03. The predicted octanol–water partition coefficient (Wildman–Crippen LogP) is 2.25. The first-order valence-corrected chi connectivity index (χ1v) is 4.18. The van der Waals surface area contributed by atoms with Crippen molar-refractivity contribution in [3.63, 3.8) is 0 Å². The highest BCUT2D eigenvalue weighted by atomic mass is 19.4. The van der Waals surface area contributed by atoms with Crippen LogP contribution in [0.2, 0.25) is 0 Å². The van der Waals surface area contributed by atoms with E-state index in [9.17, 15) is 13.2 Å². The van der Waals surface area contributed by atoms with Gasteiger partial charge in [-0.25, -0.2) is 0 Å². The van der Waals surface area contributed by atoms with E-state index >= 15 is 0 Å². The average molecular weight is 196 g/mol. The minimum atomic E-state index is -3.67. The SMILES string of the molecule is CCN1C=CN(CC)C1.FC(F)F. The summed E-state index contributed by atoms with van der Waals surface area (Å²) >= 11 is 0. The molecule has 0 N–H and O–H groups in total. The molecule has 5 heteroatoms. The normalized spacial score (nSPS) is 14.9. The fourth-order valence-electron chi connectivity index (χ4n) is 0.927. The van der Waals surface area contributed by atoms with Gasteiger partial charge in [0.25, 0.3) is 0 Å². The summed E-state index contributed by atoms with van der Waals surface area (Å²) in [7, 11) is 0. The van der Waals surface area contributed by atoms with E-state index in [0.29, 0.717) is 0 Å². The van der Waals surface area contributed by atoms with Crippen LogP contribution in [-0.4, -0.2) is 36.2 Å². The second-order valence-electron chi connectivity index (χ2n) is 2.50. The van der Waals surface area contributed by atoms with E-state index in [1.165, 1.54) is 0 Å².